The van der Waals surface area contributed by atoms with Crippen LogP contribution >= 0.6 is 7.60 Å². The van der Waals surface area contributed by atoms with E-state index in [2.05, 4.69) is 0 Å². The van der Waals surface area contributed by atoms with Gasteiger partial charge in [-0.25, -0.2) is 0 Å². The molecule has 0 bridgehead atoms. The summed E-state index contributed by atoms with van der Waals surface area (Å²) in [7, 11) is -2.39. The number of hydrogen-bond donors (Lipinski definition) is 2. The molecule has 0 aliphatic rings. The summed E-state index contributed by atoms with van der Waals surface area (Å²) in [6.07, 6.45) is -0.314. The normalized spacial score (nSPS) is 17.6. The number of carboxylic acid groups (broad SMARTS) is 1. The van der Waals surface area contributed by atoms with Gasteiger partial charge in [-0.15, -0.1) is 0 Å². The molecule has 2 atom stereocenters. The van der Waals surface area contributed by atoms with Crippen LogP contribution in [0.1, 0.15) is 48.0 Å². The zero-order valence-corrected chi connectivity index (χ0v) is 14.8. The Morgan fingerprint density at radius 3 is 2.05 bits per heavy atom. The lowest BCUT2D eigenvalue weighted by atomic mass is 9.92. The summed E-state index contributed by atoms with van der Waals surface area (Å²) in [5.41, 5.74) is -1.79. The van der Waals surface area contributed by atoms with Gasteiger partial charge in [-0.2, -0.15) is 5.06 Å². The van der Waals surface area contributed by atoms with Gasteiger partial charge in [0.25, 0.3) is 0 Å². The van der Waals surface area contributed by atoms with Crippen LogP contribution in [0.15, 0.2) is 0 Å². The lowest BCUT2D eigenvalue weighted by Crippen LogP contribution is -2.53. The molecular formula is C13H28NO6P. The molecule has 2 N–H and O–H groups in total. The second-order valence-corrected chi connectivity index (χ2v) is 8.80. The molecule has 2 unspecified atom stereocenters. The first-order valence-electron chi connectivity index (χ1n) is 6.82. The van der Waals surface area contributed by atoms with Crippen LogP contribution in [0, 0.1) is 5.41 Å². The minimum atomic E-state index is -3.64. The van der Waals surface area contributed by atoms with E-state index in [1.54, 1.807) is 41.5 Å². The molecule has 0 saturated heterocycles. The van der Waals surface area contributed by atoms with Gasteiger partial charge in [-0.1, -0.05) is 20.8 Å². The van der Waals surface area contributed by atoms with Gasteiger partial charge in [0, 0.05) is 7.11 Å². The van der Waals surface area contributed by atoms with Crippen LogP contribution in [0.25, 0.3) is 0 Å². The van der Waals surface area contributed by atoms with E-state index in [4.69, 9.17) is 14.2 Å². The molecule has 0 aliphatic carbocycles. The van der Waals surface area contributed by atoms with Crippen LogP contribution in [-0.4, -0.2) is 46.4 Å². The molecule has 0 aromatic rings. The molecule has 0 spiro atoms. The largest absolute Gasteiger partial charge is 0.481 e. The molecule has 21 heavy (non-hydrogen) atoms. The van der Waals surface area contributed by atoms with Crippen LogP contribution in [0.2, 0.25) is 0 Å². The number of carboxylic acids is 1. The predicted octanol–water partition coefficient (Wildman–Crippen LogP) is 3.18. The summed E-state index contributed by atoms with van der Waals surface area (Å²) in [6.45, 7) is 10.3. The van der Waals surface area contributed by atoms with Gasteiger partial charge >= 0.3 is 13.6 Å². The highest BCUT2D eigenvalue weighted by Crippen LogP contribution is 2.59. The third-order valence-corrected chi connectivity index (χ3v) is 5.79. The van der Waals surface area contributed by atoms with Crippen LogP contribution in [-0.2, 0) is 18.4 Å². The fourth-order valence-electron chi connectivity index (χ4n) is 2.16. The van der Waals surface area contributed by atoms with Crippen LogP contribution in [0.5, 0.6) is 0 Å². The number of aliphatic carboxylic acids is 1. The average molecular weight is 325 g/mol. The lowest BCUT2D eigenvalue weighted by Gasteiger charge is -2.45. The Morgan fingerprint density at radius 1 is 1.29 bits per heavy atom. The Hall–Kier alpha value is -0.460. The quantitative estimate of drug-likeness (QED) is 0.522. The predicted molar refractivity (Wildman–Crippen MR) is 79.4 cm³/mol. The third kappa shape index (κ3) is 5.34. The Kier molecular flexibility index (Phi) is 7.04. The summed E-state index contributed by atoms with van der Waals surface area (Å²) in [5.74, 6) is -2.06. The molecule has 126 valence electrons. The van der Waals surface area contributed by atoms with Gasteiger partial charge in [0.15, 0.2) is 0 Å². The smallest absolute Gasteiger partial charge is 0.350 e. The van der Waals surface area contributed by atoms with Crippen LogP contribution in [0.3, 0.4) is 0 Å². The molecule has 0 radical (unpaired) electrons. The van der Waals surface area contributed by atoms with E-state index in [9.17, 15) is 14.6 Å². The average Bonchev–Trinajstić information content (AvgIpc) is 2.25. The zero-order valence-electron chi connectivity index (χ0n) is 13.9. The van der Waals surface area contributed by atoms with Crippen molar-refractivity contribution >= 4 is 13.6 Å². The molecule has 0 saturated carbocycles. The van der Waals surface area contributed by atoms with E-state index < -0.39 is 30.3 Å². The molecule has 0 fully saturated rings. The van der Waals surface area contributed by atoms with Gasteiger partial charge in [0.2, 0.25) is 0 Å². The maximum Gasteiger partial charge on any atom is 0.350 e. The summed E-state index contributed by atoms with van der Waals surface area (Å²) in [6, 6.07) is 0. The van der Waals surface area contributed by atoms with Gasteiger partial charge in [-0.05, 0) is 26.2 Å². The number of hydroxylamine groups is 2. The first-order valence-corrected chi connectivity index (χ1v) is 8.43. The fourth-order valence-corrected chi connectivity index (χ4v) is 4.50. The standard InChI is InChI=1S/C13H28NO6P/c1-8-20-21(18,19-7)11(12(2,3)4)14(17)13(5,6)9-10(15)16/h11,17H,8-9H2,1-7H3,(H,15,16). The summed E-state index contributed by atoms with van der Waals surface area (Å²) in [5, 5.41) is 20.3. The summed E-state index contributed by atoms with van der Waals surface area (Å²) in [4.78, 5) is 11.0. The van der Waals surface area contributed by atoms with Crippen molar-refractivity contribution in [1.82, 2.24) is 5.06 Å². The molecule has 0 amide bonds. The van der Waals surface area contributed by atoms with Crippen molar-refractivity contribution in [3.63, 3.8) is 0 Å². The van der Waals surface area contributed by atoms with Gasteiger partial charge in [-0.3, -0.25) is 9.36 Å². The monoisotopic (exact) mass is 325 g/mol. The van der Waals surface area contributed by atoms with Crippen molar-refractivity contribution in [2.45, 2.75) is 59.3 Å². The minimum absolute atomic E-state index is 0.158. The van der Waals surface area contributed by atoms with E-state index in [0.717, 1.165) is 5.06 Å². The Bertz CT molecular complexity index is 404. The fraction of sp³-hybridized carbons (Fsp3) is 0.923. The molecule has 8 heteroatoms. The van der Waals surface area contributed by atoms with Crippen molar-refractivity contribution in [1.29, 1.82) is 0 Å². The van der Waals surface area contributed by atoms with Crippen molar-refractivity contribution in [3.8, 4) is 0 Å². The second kappa shape index (κ2) is 7.20. The first-order chi connectivity index (χ1) is 9.31. The Balaban J connectivity index is 5.74. The maximum absolute atomic E-state index is 12.9. The van der Waals surface area contributed by atoms with Crippen LogP contribution in [0.4, 0.5) is 0 Å². The van der Waals surface area contributed by atoms with Crippen LogP contribution < -0.4 is 0 Å². The molecule has 7 nitrogen and oxygen atoms in total. The van der Waals surface area contributed by atoms with E-state index in [1.807, 2.05) is 0 Å². The Labute approximate surface area is 126 Å². The highest BCUT2D eigenvalue weighted by molar-refractivity contribution is 7.54. The molecule has 0 aromatic carbocycles. The molecule has 0 aromatic heterocycles. The lowest BCUT2D eigenvalue weighted by molar-refractivity contribution is -0.202. The Morgan fingerprint density at radius 2 is 1.76 bits per heavy atom. The van der Waals surface area contributed by atoms with Gasteiger partial charge in [0.05, 0.1) is 18.6 Å². The van der Waals surface area contributed by atoms with Crippen molar-refractivity contribution in [3.05, 3.63) is 0 Å². The van der Waals surface area contributed by atoms with Gasteiger partial charge in [0.1, 0.15) is 5.78 Å². The molecular weight excluding hydrogens is 297 g/mol. The third-order valence-electron chi connectivity index (χ3n) is 3.07. The van der Waals surface area contributed by atoms with E-state index in [0.29, 0.717) is 0 Å². The number of hydrogen-bond acceptors (Lipinski definition) is 6. The van der Waals surface area contributed by atoms with Crippen molar-refractivity contribution in [2.24, 2.45) is 5.41 Å². The van der Waals surface area contributed by atoms with E-state index >= 15 is 0 Å². The maximum atomic E-state index is 12.9. The number of rotatable bonds is 8. The minimum Gasteiger partial charge on any atom is -0.481 e. The number of carbonyl (C=O) groups is 1. The first kappa shape index (κ1) is 20.5. The zero-order chi connectivity index (χ0) is 17.1. The van der Waals surface area contributed by atoms with Crippen molar-refractivity contribution < 1.29 is 28.7 Å². The molecule has 0 heterocycles. The summed E-state index contributed by atoms with van der Waals surface area (Å²) < 4.78 is 23.3. The summed E-state index contributed by atoms with van der Waals surface area (Å²) >= 11 is 0. The van der Waals surface area contributed by atoms with Gasteiger partial charge < -0.3 is 19.4 Å². The van der Waals surface area contributed by atoms with Crippen molar-refractivity contribution in [2.75, 3.05) is 13.7 Å². The molecule has 0 rings (SSSR count). The second-order valence-electron chi connectivity index (χ2n) is 6.61. The van der Waals surface area contributed by atoms with E-state index in [-0.39, 0.29) is 13.0 Å². The molecule has 0 aliphatic heterocycles. The highest BCUT2D eigenvalue weighted by atomic mass is 31.2. The van der Waals surface area contributed by atoms with E-state index in [1.165, 1.54) is 7.11 Å². The SMILES string of the molecule is CCOP(=O)(OC)C(N(O)C(C)(C)CC(=O)O)C(C)(C)C. The number of nitrogens with zero attached hydrogens (tertiary/aromatic N) is 1. The highest BCUT2D eigenvalue weighted by Gasteiger charge is 2.51. The topological polar surface area (TPSA) is 96.3 Å².